The summed E-state index contributed by atoms with van der Waals surface area (Å²) < 4.78 is 0. The number of rotatable bonds is 2. The van der Waals surface area contributed by atoms with Crippen LogP contribution in [0, 0.1) is 0 Å². The lowest BCUT2D eigenvalue weighted by atomic mass is 10.4. The molecule has 0 radical (unpaired) electrons. The third-order valence-corrected chi connectivity index (χ3v) is 1.22. The molecule has 1 amide bonds. The van der Waals surface area contributed by atoms with Gasteiger partial charge in [-0.05, 0) is 0 Å². The Morgan fingerprint density at radius 1 is 1.90 bits per heavy atom. The third-order valence-electron chi connectivity index (χ3n) is 1.22. The van der Waals surface area contributed by atoms with Gasteiger partial charge in [0, 0.05) is 0 Å². The van der Waals surface area contributed by atoms with E-state index in [-0.39, 0.29) is 25.5 Å². The zero-order chi connectivity index (χ0) is 7.56. The van der Waals surface area contributed by atoms with Gasteiger partial charge in [0.25, 0.3) is 0 Å². The first-order valence-corrected chi connectivity index (χ1v) is 3.07. The summed E-state index contributed by atoms with van der Waals surface area (Å²) in [6, 6.07) is 0. The summed E-state index contributed by atoms with van der Waals surface area (Å²) in [6.07, 6.45) is -0.320. The van der Waals surface area contributed by atoms with Gasteiger partial charge in [-0.3, -0.25) is 9.63 Å². The van der Waals surface area contributed by atoms with Gasteiger partial charge < -0.3 is 10.8 Å². The van der Waals surface area contributed by atoms with Crippen LogP contribution in [-0.2, 0) is 9.63 Å². The molecular formula is C5H10N2O3. The fraction of sp³-hybridized carbons (Fsp3) is 0.800. The zero-order valence-electron chi connectivity index (χ0n) is 5.49. The maximum absolute atomic E-state index is 10.8. The molecule has 10 heavy (non-hydrogen) atoms. The van der Waals surface area contributed by atoms with Crippen molar-refractivity contribution >= 4 is 5.91 Å². The molecule has 0 aromatic rings. The van der Waals surface area contributed by atoms with Gasteiger partial charge in [-0.15, -0.1) is 0 Å². The van der Waals surface area contributed by atoms with E-state index in [0.717, 1.165) is 5.06 Å². The van der Waals surface area contributed by atoms with Crippen molar-refractivity contribution < 1.29 is 14.7 Å². The summed E-state index contributed by atoms with van der Waals surface area (Å²) in [5, 5.41) is 9.50. The van der Waals surface area contributed by atoms with Gasteiger partial charge in [0.2, 0.25) is 5.91 Å². The highest BCUT2D eigenvalue weighted by atomic mass is 16.7. The molecule has 5 nitrogen and oxygen atoms in total. The Balaban J connectivity index is 2.39. The number of amides is 1. The van der Waals surface area contributed by atoms with Crippen LogP contribution in [0.25, 0.3) is 0 Å². The minimum absolute atomic E-state index is 0.0987. The number of aliphatic hydroxyl groups excluding tert-OH is 1. The second-order valence-electron chi connectivity index (χ2n) is 2.07. The second-order valence-corrected chi connectivity index (χ2v) is 2.07. The number of aliphatic hydroxyl groups is 1. The van der Waals surface area contributed by atoms with E-state index in [2.05, 4.69) is 0 Å². The monoisotopic (exact) mass is 146 g/mol. The van der Waals surface area contributed by atoms with Crippen molar-refractivity contribution in [3.63, 3.8) is 0 Å². The maximum atomic E-state index is 10.8. The quantitative estimate of drug-likeness (QED) is 0.493. The van der Waals surface area contributed by atoms with Crippen molar-refractivity contribution in [1.82, 2.24) is 5.06 Å². The van der Waals surface area contributed by atoms with Gasteiger partial charge in [0.1, 0.15) is 6.23 Å². The van der Waals surface area contributed by atoms with E-state index in [1.165, 1.54) is 0 Å². The molecule has 58 valence electrons. The summed E-state index contributed by atoms with van der Waals surface area (Å²) in [5.41, 5.74) is 5.28. The first kappa shape index (κ1) is 7.46. The van der Waals surface area contributed by atoms with E-state index in [1.54, 1.807) is 0 Å². The number of nitrogens with two attached hydrogens (primary N) is 1. The molecule has 3 N–H and O–H groups in total. The molecule has 0 aromatic carbocycles. The molecule has 0 aliphatic carbocycles. The molecule has 1 saturated heterocycles. The number of hydroxylamine groups is 2. The molecule has 0 spiro atoms. The number of carbonyl (C=O) groups excluding carboxylic acids is 1. The van der Waals surface area contributed by atoms with Crippen molar-refractivity contribution in [2.45, 2.75) is 12.6 Å². The Bertz CT molecular complexity index is 139. The second kappa shape index (κ2) is 2.96. The normalized spacial score (nSPS) is 26.0. The number of nitrogens with zero attached hydrogens (tertiary/aromatic N) is 1. The Labute approximate surface area is 58.3 Å². The molecular weight excluding hydrogens is 136 g/mol. The molecule has 1 aliphatic rings. The lowest BCUT2D eigenvalue weighted by Crippen LogP contribution is -2.28. The number of carbonyl (C=O) groups is 1. The van der Waals surface area contributed by atoms with Gasteiger partial charge in [0.05, 0.1) is 19.6 Å². The minimum Gasteiger partial charge on any atom is -0.394 e. The maximum Gasteiger partial charge on any atom is 0.250 e. The predicted molar refractivity (Wildman–Crippen MR) is 32.5 cm³/mol. The van der Waals surface area contributed by atoms with E-state index in [4.69, 9.17) is 15.7 Å². The lowest BCUT2D eigenvalue weighted by molar-refractivity contribution is -0.174. The highest BCUT2D eigenvalue weighted by molar-refractivity contribution is 5.76. The van der Waals surface area contributed by atoms with E-state index in [0.29, 0.717) is 0 Å². The summed E-state index contributed by atoms with van der Waals surface area (Å²) in [4.78, 5) is 15.6. The molecule has 1 aliphatic heterocycles. The van der Waals surface area contributed by atoms with Crippen LogP contribution in [0.1, 0.15) is 6.42 Å². The summed E-state index contributed by atoms with van der Waals surface area (Å²) in [6.45, 7) is 0.102. The molecule has 1 rings (SSSR count). The minimum atomic E-state index is -0.529. The van der Waals surface area contributed by atoms with Gasteiger partial charge in [-0.25, -0.2) is 5.06 Å². The van der Waals surface area contributed by atoms with Crippen LogP contribution in [0.3, 0.4) is 0 Å². The number of hydrogen-bond acceptors (Lipinski definition) is 4. The van der Waals surface area contributed by atoms with Crippen LogP contribution in [0.15, 0.2) is 0 Å². The Morgan fingerprint density at radius 2 is 2.60 bits per heavy atom. The van der Waals surface area contributed by atoms with E-state index < -0.39 is 6.23 Å². The Kier molecular flexibility index (Phi) is 2.21. The fourth-order valence-corrected chi connectivity index (χ4v) is 0.802. The zero-order valence-corrected chi connectivity index (χ0v) is 5.49. The smallest absolute Gasteiger partial charge is 0.250 e. The molecule has 0 aromatic heterocycles. The van der Waals surface area contributed by atoms with Crippen LogP contribution in [0.2, 0.25) is 0 Å². The largest absolute Gasteiger partial charge is 0.394 e. The van der Waals surface area contributed by atoms with Crippen molar-refractivity contribution in [1.29, 1.82) is 0 Å². The fourth-order valence-electron chi connectivity index (χ4n) is 0.802. The topological polar surface area (TPSA) is 75.8 Å². The highest BCUT2D eigenvalue weighted by Crippen LogP contribution is 2.09. The summed E-state index contributed by atoms with van der Waals surface area (Å²) in [5.74, 6) is -0.165. The summed E-state index contributed by atoms with van der Waals surface area (Å²) in [7, 11) is 0. The first-order chi connectivity index (χ1) is 4.74. The molecule has 1 atom stereocenters. The average Bonchev–Trinajstić information content (AvgIpc) is 2.13. The van der Waals surface area contributed by atoms with Crippen molar-refractivity contribution in [2.24, 2.45) is 5.73 Å². The number of hydrogen-bond donors (Lipinski definition) is 2. The molecule has 1 fully saturated rings. The van der Waals surface area contributed by atoms with E-state index in [1.807, 2.05) is 0 Å². The lowest BCUT2D eigenvalue weighted by Gasteiger charge is -2.12. The molecule has 1 heterocycles. The van der Waals surface area contributed by atoms with Gasteiger partial charge in [-0.1, -0.05) is 0 Å². The highest BCUT2D eigenvalue weighted by Gasteiger charge is 2.27. The standard InChI is InChI=1S/C5H10N2O3/c6-4-3-5(9)7(10-4)1-2-8/h4,8H,1-3,6H2. The molecule has 1 unspecified atom stereocenters. The van der Waals surface area contributed by atoms with Gasteiger partial charge >= 0.3 is 0 Å². The SMILES string of the molecule is NC1CC(=O)N(CCO)O1. The molecule has 0 saturated carbocycles. The van der Waals surface area contributed by atoms with Crippen molar-refractivity contribution in [3.8, 4) is 0 Å². The van der Waals surface area contributed by atoms with Crippen molar-refractivity contribution in [3.05, 3.63) is 0 Å². The third kappa shape index (κ3) is 1.44. The van der Waals surface area contributed by atoms with Crippen LogP contribution < -0.4 is 5.73 Å². The first-order valence-electron chi connectivity index (χ1n) is 3.07. The van der Waals surface area contributed by atoms with E-state index in [9.17, 15) is 4.79 Å². The summed E-state index contributed by atoms with van der Waals surface area (Å²) >= 11 is 0. The molecule has 5 heteroatoms. The van der Waals surface area contributed by atoms with Gasteiger partial charge in [0.15, 0.2) is 0 Å². The van der Waals surface area contributed by atoms with Crippen molar-refractivity contribution in [2.75, 3.05) is 13.2 Å². The number of β-amino-alcohol motifs (C(OH)–C–C–N with tert-alkyl or cyclic N) is 1. The average molecular weight is 146 g/mol. The Morgan fingerprint density at radius 3 is 3.00 bits per heavy atom. The predicted octanol–water partition coefficient (Wildman–Crippen LogP) is -1.57. The van der Waals surface area contributed by atoms with Crippen LogP contribution in [-0.4, -0.2) is 35.5 Å². The molecule has 0 bridgehead atoms. The van der Waals surface area contributed by atoms with E-state index >= 15 is 0 Å². The van der Waals surface area contributed by atoms with Crippen LogP contribution in [0.4, 0.5) is 0 Å². The Hall–Kier alpha value is -0.650. The van der Waals surface area contributed by atoms with Crippen LogP contribution >= 0.6 is 0 Å². The van der Waals surface area contributed by atoms with Gasteiger partial charge in [-0.2, -0.15) is 0 Å². The van der Waals surface area contributed by atoms with Crippen LogP contribution in [0.5, 0.6) is 0 Å².